The molecule has 0 bridgehead atoms. The van der Waals surface area contributed by atoms with E-state index in [1.165, 1.54) is 19.3 Å². The van der Waals surface area contributed by atoms with Crippen LogP contribution in [0.2, 0.25) is 0 Å². The maximum absolute atomic E-state index is 5.48. The number of morpholine rings is 1. The van der Waals surface area contributed by atoms with Crippen molar-refractivity contribution in [3.63, 3.8) is 0 Å². The predicted molar refractivity (Wildman–Crippen MR) is 101 cm³/mol. The largest absolute Gasteiger partial charge is 0.378 e. The number of anilines is 1. The summed E-state index contributed by atoms with van der Waals surface area (Å²) in [6.07, 6.45) is 5.75. The van der Waals surface area contributed by atoms with Crippen LogP contribution < -0.4 is 5.32 Å². The van der Waals surface area contributed by atoms with E-state index in [0.717, 1.165) is 55.8 Å². The van der Waals surface area contributed by atoms with E-state index < -0.39 is 0 Å². The van der Waals surface area contributed by atoms with Crippen LogP contribution in [0.3, 0.4) is 0 Å². The van der Waals surface area contributed by atoms with Gasteiger partial charge in [0.2, 0.25) is 5.96 Å². The van der Waals surface area contributed by atoms with Crippen molar-refractivity contribution >= 4 is 28.9 Å². The third-order valence-corrected chi connectivity index (χ3v) is 4.11. The molecule has 0 saturated carbocycles. The summed E-state index contributed by atoms with van der Waals surface area (Å²) in [7, 11) is 0. The molecule has 0 aliphatic carbocycles. The minimum absolute atomic E-state index is 0.735. The van der Waals surface area contributed by atoms with Gasteiger partial charge < -0.3 is 15.0 Å². The van der Waals surface area contributed by atoms with Crippen LogP contribution in [0.25, 0.3) is 0 Å². The number of guanidine groups is 1. The van der Waals surface area contributed by atoms with Gasteiger partial charge in [0, 0.05) is 25.2 Å². The molecule has 1 aliphatic heterocycles. The van der Waals surface area contributed by atoms with Gasteiger partial charge in [-0.25, -0.2) is 4.99 Å². The van der Waals surface area contributed by atoms with Gasteiger partial charge >= 0.3 is 0 Å². The second kappa shape index (κ2) is 10.3. The molecule has 1 aromatic rings. The van der Waals surface area contributed by atoms with Crippen LogP contribution in [0, 0.1) is 0 Å². The van der Waals surface area contributed by atoms with Crippen molar-refractivity contribution in [2.75, 3.05) is 31.6 Å². The first-order chi connectivity index (χ1) is 11.3. The van der Waals surface area contributed by atoms with Crippen LogP contribution in [-0.2, 0) is 4.74 Å². The average Bonchev–Trinajstić information content (AvgIpc) is 2.60. The average molecular weight is 334 g/mol. The van der Waals surface area contributed by atoms with E-state index in [2.05, 4.69) is 17.1 Å². The molecule has 1 aromatic carbocycles. The van der Waals surface area contributed by atoms with Gasteiger partial charge in [0.15, 0.2) is 0 Å². The molecule has 23 heavy (non-hydrogen) atoms. The molecule has 1 aliphatic rings. The maximum atomic E-state index is 5.48. The van der Waals surface area contributed by atoms with Gasteiger partial charge in [-0.3, -0.25) is 0 Å². The van der Waals surface area contributed by atoms with Crippen molar-refractivity contribution in [1.29, 1.82) is 0 Å². The highest BCUT2D eigenvalue weighted by Gasteiger charge is 2.16. The number of unbranched alkanes of at least 4 members (excludes halogenated alkanes) is 3. The number of para-hydroxylation sites is 1. The lowest BCUT2D eigenvalue weighted by atomic mass is 10.1. The molecule has 0 amide bonds. The minimum Gasteiger partial charge on any atom is -0.378 e. The van der Waals surface area contributed by atoms with E-state index in [1.807, 2.05) is 30.3 Å². The third-order valence-electron chi connectivity index (χ3n) is 3.82. The summed E-state index contributed by atoms with van der Waals surface area (Å²) in [5.74, 6) is 0.847. The van der Waals surface area contributed by atoms with E-state index >= 15 is 0 Å². The number of hydrogen-bond donors (Lipinski definition) is 1. The van der Waals surface area contributed by atoms with E-state index in [-0.39, 0.29) is 0 Å². The van der Waals surface area contributed by atoms with Crippen molar-refractivity contribution in [3.8, 4) is 0 Å². The summed E-state index contributed by atoms with van der Waals surface area (Å²) in [5, 5.41) is 3.41. The van der Waals surface area contributed by atoms with Crippen molar-refractivity contribution in [3.05, 3.63) is 30.3 Å². The SMILES string of the molecule is CCCCCCC(=S)N=C(Nc1ccccc1)N1CCOCC1. The number of nitrogens with zero attached hydrogens (tertiary/aromatic N) is 2. The Kier molecular flexibility index (Phi) is 8.04. The molecule has 1 fully saturated rings. The molecule has 0 spiro atoms. The molecule has 4 nitrogen and oxygen atoms in total. The Morgan fingerprint density at radius 2 is 1.91 bits per heavy atom. The monoisotopic (exact) mass is 333 g/mol. The Morgan fingerprint density at radius 3 is 2.61 bits per heavy atom. The molecule has 0 aromatic heterocycles. The summed E-state index contributed by atoms with van der Waals surface area (Å²) in [4.78, 5) is 7.70. The topological polar surface area (TPSA) is 36.9 Å². The molecule has 2 rings (SSSR count). The number of ether oxygens (including phenoxy) is 1. The molecule has 0 radical (unpaired) electrons. The highest BCUT2D eigenvalue weighted by molar-refractivity contribution is 7.80. The van der Waals surface area contributed by atoms with Crippen molar-refractivity contribution in [2.24, 2.45) is 4.99 Å². The molecular weight excluding hydrogens is 306 g/mol. The first kappa shape index (κ1) is 17.9. The summed E-state index contributed by atoms with van der Waals surface area (Å²) < 4.78 is 5.44. The number of aliphatic imine (C=N–C) groups is 1. The fourth-order valence-corrected chi connectivity index (χ4v) is 2.71. The van der Waals surface area contributed by atoms with Crippen molar-refractivity contribution in [2.45, 2.75) is 39.0 Å². The van der Waals surface area contributed by atoms with Crippen LogP contribution in [0.1, 0.15) is 39.0 Å². The van der Waals surface area contributed by atoms with E-state index in [1.54, 1.807) is 0 Å². The second-order valence-corrected chi connectivity index (χ2v) is 6.20. The van der Waals surface area contributed by atoms with E-state index in [0.29, 0.717) is 0 Å². The number of nitrogens with one attached hydrogen (secondary N) is 1. The first-order valence-corrected chi connectivity index (χ1v) is 8.96. The first-order valence-electron chi connectivity index (χ1n) is 8.56. The highest BCUT2D eigenvalue weighted by atomic mass is 32.1. The van der Waals surface area contributed by atoms with Crippen LogP contribution in [0.5, 0.6) is 0 Å². The Balaban J connectivity index is 1.99. The molecule has 1 heterocycles. The lowest BCUT2D eigenvalue weighted by Crippen LogP contribution is -2.44. The molecule has 0 unspecified atom stereocenters. The quantitative estimate of drug-likeness (QED) is 0.368. The highest BCUT2D eigenvalue weighted by Crippen LogP contribution is 2.10. The summed E-state index contributed by atoms with van der Waals surface area (Å²) in [6, 6.07) is 10.1. The van der Waals surface area contributed by atoms with Gasteiger partial charge in [-0.05, 0) is 18.6 Å². The molecular formula is C18H27N3OS. The summed E-state index contributed by atoms with van der Waals surface area (Å²) in [5.41, 5.74) is 1.03. The van der Waals surface area contributed by atoms with Crippen LogP contribution >= 0.6 is 12.2 Å². The lowest BCUT2D eigenvalue weighted by Gasteiger charge is -2.30. The third kappa shape index (κ3) is 6.67. The van der Waals surface area contributed by atoms with E-state index in [4.69, 9.17) is 21.9 Å². The zero-order valence-corrected chi connectivity index (χ0v) is 14.8. The van der Waals surface area contributed by atoms with Gasteiger partial charge in [-0.2, -0.15) is 0 Å². The Morgan fingerprint density at radius 1 is 1.17 bits per heavy atom. The number of hydrogen-bond acceptors (Lipinski definition) is 2. The van der Waals surface area contributed by atoms with Crippen molar-refractivity contribution in [1.82, 2.24) is 4.90 Å². The second-order valence-electron chi connectivity index (χ2n) is 5.73. The van der Waals surface area contributed by atoms with Gasteiger partial charge in [0.1, 0.15) is 4.99 Å². The number of benzene rings is 1. The number of rotatable bonds is 6. The normalized spacial score (nSPS) is 15.5. The fraction of sp³-hybridized carbons (Fsp3) is 0.556. The predicted octanol–water partition coefficient (Wildman–Crippen LogP) is 4.08. The molecule has 5 heteroatoms. The lowest BCUT2D eigenvalue weighted by molar-refractivity contribution is 0.0681. The van der Waals surface area contributed by atoms with Gasteiger partial charge in [0.25, 0.3) is 0 Å². The maximum Gasteiger partial charge on any atom is 0.204 e. The van der Waals surface area contributed by atoms with Crippen molar-refractivity contribution < 1.29 is 4.74 Å². The summed E-state index contributed by atoms with van der Waals surface area (Å²) >= 11 is 5.48. The van der Waals surface area contributed by atoms with Crippen LogP contribution in [0.15, 0.2) is 35.3 Å². The van der Waals surface area contributed by atoms with Crippen LogP contribution in [-0.4, -0.2) is 42.2 Å². The van der Waals surface area contributed by atoms with Crippen LogP contribution in [0.4, 0.5) is 5.69 Å². The van der Waals surface area contributed by atoms with Gasteiger partial charge in [0.05, 0.1) is 13.2 Å². The summed E-state index contributed by atoms with van der Waals surface area (Å²) in [6.45, 7) is 5.38. The molecule has 0 atom stereocenters. The minimum atomic E-state index is 0.735. The van der Waals surface area contributed by atoms with Gasteiger partial charge in [-0.1, -0.05) is 56.6 Å². The Labute approximate surface area is 144 Å². The number of thiocarbonyl (C=S) groups is 1. The molecule has 1 saturated heterocycles. The zero-order chi connectivity index (χ0) is 16.3. The standard InChI is InChI=1S/C18H27N3OS/c1-2-3-4-8-11-17(23)20-18(21-12-14-22-15-13-21)19-16-9-6-5-7-10-16/h5-7,9-10H,2-4,8,11-15H2,1H3,(H,19,20,23). The molecule has 126 valence electrons. The zero-order valence-electron chi connectivity index (χ0n) is 14.0. The smallest absolute Gasteiger partial charge is 0.204 e. The fourth-order valence-electron chi connectivity index (χ4n) is 2.48. The van der Waals surface area contributed by atoms with E-state index in [9.17, 15) is 0 Å². The Hall–Kier alpha value is -1.46. The molecule has 1 N–H and O–H groups in total. The Bertz CT molecular complexity index is 498. The van der Waals surface area contributed by atoms with Gasteiger partial charge in [-0.15, -0.1) is 0 Å².